The summed E-state index contributed by atoms with van der Waals surface area (Å²) in [5.41, 5.74) is 0. The summed E-state index contributed by atoms with van der Waals surface area (Å²) in [6.07, 6.45) is -0.920. The summed E-state index contributed by atoms with van der Waals surface area (Å²) < 4.78 is 11.3. The molecule has 0 radical (unpaired) electrons. The van der Waals surface area contributed by atoms with Gasteiger partial charge in [0.15, 0.2) is 11.5 Å². The molecule has 14 heavy (non-hydrogen) atoms. The van der Waals surface area contributed by atoms with Crippen LogP contribution in [-0.4, -0.2) is 23.8 Å². The number of hydrogen-bond donors (Lipinski definition) is 1. The third kappa shape index (κ3) is 1.55. The lowest BCUT2D eigenvalue weighted by Gasteiger charge is -2.24. The first-order valence-electron chi connectivity index (χ1n) is 3.99. The first kappa shape index (κ1) is 9.33. The number of halogens is 1. The Hall–Kier alpha value is -1.23. The van der Waals surface area contributed by atoms with Gasteiger partial charge >= 0.3 is 5.97 Å². The summed E-state index contributed by atoms with van der Waals surface area (Å²) >= 11 is 3.29. The largest absolute Gasteiger partial charge is 0.484 e. The molecule has 4 nitrogen and oxygen atoms in total. The molecular weight excluding hydrogens is 252 g/mol. The molecule has 0 fully saturated rings. The molecule has 2 rings (SSSR count). The SMILES string of the molecule is O=C(O)C1COc2c(Br)cccc2O1. The normalized spacial score (nSPS) is 19.1. The number of carboxylic acids is 1. The Bertz CT molecular complexity index is 377. The fourth-order valence-electron chi connectivity index (χ4n) is 1.19. The van der Waals surface area contributed by atoms with Crippen LogP contribution in [0.5, 0.6) is 11.5 Å². The van der Waals surface area contributed by atoms with Crippen LogP contribution in [-0.2, 0) is 4.79 Å². The average Bonchev–Trinajstić information content (AvgIpc) is 2.17. The molecule has 1 N–H and O–H groups in total. The highest BCUT2D eigenvalue weighted by molar-refractivity contribution is 9.10. The molecular formula is C9H7BrO4. The van der Waals surface area contributed by atoms with Crippen molar-refractivity contribution in [2.75, 3.05) is 6.61 Å². The molecule has 1 unspecified atom stereocenters. The van der Waals surface area contributed by atoms with Gasteiger partial charge in [-0.05, 0) is 28.1 Å². The predicted molar refractivity (Wildman–Crippen MR) is 51.7 cm³/mol. The Morgan fingerprint density at radius 3 is 3.07 bits per heavy atom. The summed E-state index contributed by atoms with van der Waals surface area (Å²) in [5.74, 6) is -0.00125. The monoisotopic (exact) mass is 258 g/mol. The van der Waals surface area contributed by atoms with E-state index in [9.17, 15) is 4.79 Å². The average molecular weight is 259 g/mol. The number of carboxylic acid groups (broad SMARTS) is 1. The smallest absolute Gasteiger partial charge is 0.348 e. The molecule has 1 aliphatic rings. The zero-order valence-corrected chi connectivity index (χ0v) is 8.65. The highest BCUT2D eigenvalue weighted by atomic mass is 79.9. The van der Waals surface area contributed by atoms with Crippen molar-refractivity contribution in [1.82, 2.24) is 0 Å². The maximum Gasteiger partial charge on any atom is 0.348 e. The minimum absolute atomic E-state index is 0.0327. The lowest BCUT2D eigenvalue weighted by molar-refractivity contribution is -0.147. The fraction of sp³-hybridized carbons (Fsp3) is 0.222. The number of carbonyl (C=O) groups is 1. The summed E-state index contributed by atoms with van der Waals surface area (Å²) in [6, 6.07) is 5.25. The van der Waals surface area contributed by atoms with Crippen LogP contribution in [0.25, 0.3) is 0 Å². The zero-order chi connectivity index (χ0) is 10.1. The van der Waals surface area contributed by atoms with Gasteiger partial charge in [-0.2, -0.15) is 0 Å². The van der Waals surface area contributed by atoms with E-state index in [0.29, 0.717) is 11.5 Å². The second kappa shape index (κ2) is 3.49. The van der Waals surface area contributed by atoms with Crippen LogP contribution in [0.4, 0.5) is 0 Å². The first-order valence-corrected chi connectivity index (χ1v) is 4.78. The van der Waals surface area contributed by atoms with E-state index in [1.54, 1.807) is 12.1 Å². The number of para-hydroxylation sites is 1. The van der Waals surface area contributed by atoms with Gasteiger partial charge in [0.2, 0.25) is 6.10 Å². The van der Waals surface area contributed by atoms with Crippen LogP contribution >= 0.6 is 15.9 Å². The molecule has 0 amide bonds. The van der Waals surface area contributed by atoms with E-state index in [1.165, 1.54) is 0 Å². The first-order chi connectivity index (χ1) is 6.68. The van der Waals surface area contributed by atoms with E-state index < -0.39 is 12.1 Å². The minimum Gasteiger partial charge on any atom is -0.484 e. The molecule has 0 spiro atoms. The van der Waals surface area contributed by atoms with Crippen molar-refractivity contribution in [3.05, 3.63) is 22.7 Å². The zero-order valence-electron chi connectivity index (χ0n) is 7.07. The van der Waals surface area contributed by atoms with Crippen LogP contribution < -0.4 is 9.47 Å². The number of rotatable bonds is 1. The van der Waals surface area contributed by atoms with Crippen LogP contribution in [0.2, 0.25) is 0 Å². The second-order valence-electron chi connectivity index (χ2n) is 2.82. The third-order valence-electron chi connectivity index (χ3n) is 1.85. The van der Waals surface area contributed by atoms with Gasteiger partial charge in [-0.3, -0.25) is 0 Å². The van der Waals surface area contributed by atoms with E-state index >= 15 is 0 Å². The molecule has 0 aromatic heterocycles. The Morgan fingerprint density at radius 2 is 2.36 bits per heavy atom. The Balaban J connectivity index is 2.31. The fourth-order valence-corrected chi connectivity index (χ4v) is 1.65. The molecule has 0 bridgehead atoms. The van der Waals surface area contributed by atoms with E-state index in [1.807, 2.05) is 6.07 Å². The lowest BCUT2D eigenvalue weighted by Crippen LogP contribution is -2.36. The summed E-state index contributed by atoms with van der Waals surface area (Å²) in [7, 11) is 0. The molecule has 1 atom stereocenters. The molecule has 0 saturated heterocycles. The lowest BCUT2D eigenvalue weighted by atomic mass is 10.2. The van der Waals surface area contributed by atoms with E-state index in [2.05, 4.69) is 15.9 Å². The number of fused-ring (bicyclic) bond motifs is 1. The Labute approximate surface area is 88.6 Å². The van der Waals surface area contributed by atoms with Crippen molar-refractivity contribution in [3.63, 3.8) is 0 Å². The van der Waals surface area contributed by atoms with Gasteiger partial charge in [-0.1, -0.05) is 6.07 Å². The molecule has 1 aliphatic heterocycles. The highest BCUT2D eigenvalue weighted by Gasteiger charge is 2.27. The second-order valence-corrected chi connectivity index (χ2v) is 3.68. The number of benzene rings is 1. The molecule has 0 aliphatic carbocycles. The van der Waals surface area contributed by atoms with E-state index in [4.69, 9.17) is 14.6 Å². The molecule has 0 saturated carbocycles. The van der Waals surface area contributed by atoms with Crippen molar-refractivity contribution in [3.8, 4) is 11.5 Å². The number of aliphatic carboxylic acids is 1. The number of ether oxygens (including phenoxy) is 2. The number of hydrogen-bond acceptors (Lipinski definition) is 3. The highest BCUT2D eigenvalue weighted by Crippen LogP contribution is 2.38. The third-order valence-corrected chi connectivity index (χ3v) is 2.48. The maximum absolute atomic E-state index is 10.6. The van der Waals surface area contributed by atoms with Crippen molar-refractivity contribution < 1.29 is 19.4 Å². The maximum atomic E-state index is 10.6. The van der Waals surface area contributed by atoms with Gasteiger partial charge in [0.1, 0.15) is 6.61 Å². The van der Waals surface area contributed by atoms with Crippen molar-refractivity contribution >= 4 is 21.9 Å². The quantitative estimate of drug-likeness (QED) is 0.833. The van der Waals surface area contributed by atoms with Crippen LogP contribution in [0.3, 0.4) is 0 Å². The van der Waals surface area contributed by atoms with E-state index in [0.717, 1.165) is 4.47 Å². The summed E-state index contributed by atoms with van der Waals surface area (Å²) in [6.45, 7) is 0.0327. The molecule has 1 aromatic rings. The van der Waals surface area contributed by atoms with Crippen molar-refractivity contribution in [1.29, 1.82) is 0 Å². The van der Waals surface area contributed by atoms with Gasteiger partial charge in [0.25, 0.3) is 0 Å². The van der Waals surface area contributed by atoms with Gasteiger partial charge in [0, 0.05) is 0 Å². The molecule has 1 heterocycles. The standard InChI is InChI=1S/C9H7BrO4/c10-5-2-1-3-6-8(5)13-4-7(14-6)9(11)12/h1-3,7H,4H2,(H,11,12). The van der Waals surface area contributed by atoms with Crippen LogP contribution in [0, 0.1) is 0 Å². The molecule has 1 aromatic carbocycles. The predicted octanol–water partition coefficient (Wildman–Crippen LogP) is 1.67. The summed E-state index contributed by atoms with van der Waals surface area (Å²) in [5, 5.41) is 8.72. The van der Waals surface area contributed by atoms with Crippen molar-refractivity contribution in [2.45, 2.75) is 6.10 Å². The van der Waals surface area contributed by atoms with Gasteiger partial charge in [-0.15, -0.1) is 0 Å². The Morgan fingerprint density at radius 1 is 1.57 bits per heavy atom. The van der Waals surface area contributed by atoms with Gasteiger partial charge in [-0.25, -0.2) is 4.79 Å². The van der Waals surface area contributed by atoms with Crippen LogP contribution in [0.15, 0.2) is 22.7 Å². The van der Waals surface area contributed by atoms with E-state index in [-0.39, 0.29) is 6.61 Å². The topological polar surface area (TPSA) is 55.8 Å². The molecule has 5 heteroatoms. The van der Waals surface area contributed by atoms with Crippen molar-refractivity contribution in [2.24, 2.45) is 0 Å². The van der Waals surface area contributed by atoms with Gasteiger partial charge < -0.3 is 14.6 Å². The Kier molecular flexibility index (Phi) is 2.33. The van der Waals surface area contributed by atoms with Gasteiger partial charge in [0.05, 0.1) is 4.47 Å². The van der Waals surface area contributed by atoms with Crippen LogP contribution in [0.1, 0.15) is 0 Å². The summed E-state index contributed by atoms with van der Waals surface area (Å²) in [4.78, 5) is 10.6. The minimum atomic E-state index is -1.02. The molecule has 74 valence electrons.